The number of aliphatic hydroxyl groups is 1. The molecule has 3 nitrogen and oxygen atoms in total. The summed E-state index contributed by atoms with van der Waals surface area (Å²) in [6.07, 6.45) is -4.31. The minimum atomic E-state index is -4.54. The minimum Gasteiger partial charge on any atom is -0.392 e. The van der Waals surface area contributed by atoms with Gasteiger partial charge in [0.15, 0.2) is 0 Å². The zero-order valence-electron chi connectivity index (χ0n) is 7.05. The van der Waals surface area contributed by atoms with E-state index in [1.165, 1.54) is 0 Å². The summed E-state index contributed by atoms with van der Waals surface area (Å²) >= 11 is 0. The SMILES string of the molecule is OC1CCN(CCOC(F)(F)F)C1. The van der Waals surface area contributed by atoms with Gasteiger partial charge in [-0.2, -0.15) is 0 Å². The Morgan fingerprint density at radius 3 is 2.62 bits per heavy atom. The molecule has 1 atom stereocenters. The predicted octanol–water partition coefficient (Wildman–Crippen LogP) is 0.589. The van der Waals surface area contributed by atoms with Gasteiger partial charge < -0.3 is 5.11 Å². The molecule has 1 heterocycles. The van der Waals surface area contributed by atoms with Crippen molar-refractivity contribution >= 4 is 0 Å². The molecule has 0 saturated carbocycles. The highest BCUT2D eigenvalue weighted by Crippen LogP contribution is 2.16. The van der Waals surface area contributed by atoms with Gasteiger partial charge in [-0.3, -0.25) is 9.64 Å². The second-order valence-electron chi connectivity index (χ2n) is 3.04. The first kappa shape index (κ1) is 10.7. The monoisotopic (exact) mass is 199 g/mol. The Morgan fingerprint density at radius 1 is 1.46 bits per heavy atom. The molecule has 6 heteroatoms. The quantitative estimate of drug-likeness (QED) is 0.722. The Labute approximate surface area is 74.1 Å². The van der Waals surface area contributed by atoms with Gasteiger partial charge in [0.2, 0.25) is 0 Å². The normalized spacial score (nSPS) is 25.4. The number of rotatable bonds is 3. The first-order valence-corrected chi connectivity index (χ1v) is 4.08. The maximum absolute atomic E-state index is 11.5. The molecule has 1 rings (SSSR count). The largest absolute Gasteiger partial charge is 0.522 e. The van der Waals surface area contributed by atoms with Crippen molar-refractivity contribution in [3.8, 4) is 0 Å². The fourth-order valence-corrected chi connectivity index (χ4v) is 1.31. The number of nitrogens with zero attached hydrogens (tertiary/aromatic N) is 1. The lowest BCUT2D eigenvalue weighted by Crippen LogP contribution is -2.28. The van der Waals surface area contributed by atoms with E-state index in [4.69, 9.17) is 5.11 Å². The van der Waals surface area contributed by atoms with Crippen molar-refractivity contribution in [2.45, 2.75) is 18.9 Å². The Balaban J connectivity index is 2.07. The third-order valence-electron chi connectivity index (χ3n) is 1.92. The van der Waals surface area contributed by atoms with Crippen molar-refractivity contribution in [1.82, 2.24) is 4.90 Å². The molecule has 0 aromatic carbocycles. The average Bonchev–Trinajstić information content (AvgIpc) is 2.33. The topological polar surface area (TPSA) is 32.7 Å². The molecule has 1 aliphatic heterocycles. The summed E-state index contributed by atoms with van der Waals surface area (Å²) in [4.78, 5) is 1.75. The van der Waals surface area contributed by atoms with Gasteiger partial charge in [-0.25, -0.2) is 0 Å². The number of β-amino-alcohol motifs (C(OH)–C–C–N with tert-alkyl or cyclic N) is 1. The molecular weight excluding hydrogens is 187 g/mol. The standard InChI is InChI=1S/C7H12F3NO2/c8-7(9,10)13-4-3-11-2-1-6(12)5-11/h6,12H,1-5H2. The first-order valence-electron chi connectivity index (χ1n) is 4.08. The molecule has 1 saturated heterocycles. The van der Waals surface area contributed by atoms with Gasteiger partial charge in [-0.15, -0.1) is 13.2 Å². The van der Waals surface area contributed by atoms with E-state index in [0.717, 1.165) is 0 Å². The number of hydrogen-bond donors (Lipinski definition) is 1. The van der Waals surface area contributed by atoms with Crippen molar-refractivity contribution in [2.75, 3.05) is 26.2 Å². The first-order chi connectivity index (χ1) is 5.97. The molecule has 0 aromatic heterocycles. The highest BCUT2D eigenvalue weighted by molar-refractivity contribution is 4.73. The third-order valence-corrected chi connectivity index (χ3v) is 1.92. The van der Waals surface area contributed by atoms with Crippen LogP contribution in [0.15, 0.2) is 0 Å². The smallest absolute Gasteiger partial charge is 0.392 e. The van der Waals surface area contributed by atoms with E-state index in [-0.39, 0.29) is 13.2 Å². The maximum Gasteiger partial charge on any atom is 0.522 e. The van der Waals surface area contributed by atoms with Crippen molar-refractivity contribution in [1.29, 1.82) is 0 Å². The highest BCUT2D eigenvalue weighted by atomic mass is 19.4. The van der Waals surface area contributed by atoms with E-state index in [2.05, 4.69) is 4.74 Å². The van der Waals surface area contributed by atoms with Gasteiger partial charge in [0.1, 0.15) is 0 Å². The summed E-state index contributed by atoms with van der Waals surface area (Å²) < 4.78 is 38.2. The van der Waals surface area contributed by atoms with E-state index in [1.54, 1.807) is 4.90 Å². The van der Waals surface area contributed by atoms with Crippen LogP contribution >= 0.6 is 0 Å². The van der Waals surface area contributed by atoms with E-state index in [1.807, 2.05) is 0 Å². The van der Waals surface area contributed by atoms with Crippen LogP contribution < -0.4 is 0 Å². The van der Waals surface area contributed by atoms with Gasteiger partial charge in [0.05, 0.1) is 12.7 Å². The number of likely N-dealkylation sites (tertiary alicyclic amines) is 1. The zero-order chi connectivity index (χ0) is 9.90. The molecule has 0 aromatic rings. The second kappa shape index (κ2) is 4.26. The summed E-state index contributed by atoms with van der Waals surface area (Å²) in [6.45, 7) is 0.941. The van der Waals surface area contributed by atoms with Crippen molar-refractivity contribution in [2.24, 2.45) is 0 Å². The maximum atomic E-state index is 11.5. The van der Waals surface area contributed by atoms with Gasteiger partial charge in [0.25, 0.3) is 0 Å². The summed E-state index contributed by atoms with van der Waals surface area (Å²) in [7, 11) is 0. The molecule has 0 aliphatic carbocycles. The van der Waals surface area contributed by atoms with E-state index < -0.39 is 12.5 Å². The van der Waals surface area contributed by atoms with Crippen LogP contribution in [0.4, 0.5) is 13.2 Å². The van der Waals surface area contributed by atoms with E-state index >= 15 is 0 Å². The van der Waals surface area contributed by atoms with Crippen LogP contribution in [-0.2, 0) is 4.74 Å². The van der Waals surface area contributed by atoms with Gasteiger partial charge >= 0.3 is 6.36 Å². The fourth-order valence-electron chi connectivity index (χ4n) is 1.31. The second-order valence-corrected chi connectivity index (χ2v) is 3.04. The van der Waals surface area contributed by atoms with Crippen LogP contribution in [0.2, 0.25) is 0 Å². The summed E-state index contributed by atoms with van der Waals surface area (Å²) in [5.41, 5.74) is 0. The molecule has 0 amide bonds. The van der Waals surface area contributed by atoms with Crippen LogP contribution in [0.3, 0.4) is 0 Å². The van der Waals surface area contributed by atoms with Crippen LogP contribution in [-0.4, -0.2) is 48.7 Å². The lowest BCUT2D eigenvalue weighted by molar-refractivity contribution is -0.324. The fraction of sp³-hybridized carbons (Fsp3) is 1.00. The Morgan fingerprint density at radius 2 is 2.15 bits per heavy atom. The summed E-state index contributed by atoms with van der Waals surface area (Å²) in [6, 6.07) is 0. The molecular formula is C7H12F3NO2. The van der Waals surface area contributed by atoms with Crippen molar-refractivity contribution in [3.05, 3.63) is 0 Å². The Bertz CT molecular complexity index is 162. The zero-order valence-corrected chi connectivity index (χ0v) is 7.05. The Kier molecular flexibility index (Phi) is 3.52. The van der Waals surface area contributed by atoms with Gasteiger partial charge in [0, 0.05) is 19.6 Å². The molecule has 1 unspecified atom stereocenters. The van der Waals surface area contributed by atoms with Crippen LogP contribution in [0.1, 0.15) is 6.42 Å². The predicted molar refractivity (Wildman–Crippen MR) is 39.1 cm³/mol. The molecule has 0 spiro atoms. The number of halogens is 3. The molecule has 13 heavy (non-hydrogen) atoms. The Hall–Kier alpha value is -0.330. The number of aliphatic hydroxyl groups excluding tert-OH is 1. The number of alkyl halides is 3. The van der Waals surface area contributed by atoms with E-state index in [0.29, 0.717) is 19.5 Å². The van der Waals surface area contributed by atoms with Crippen LogP contribution in [0.5, 0.6) is 0 Å². The minimum absolute atomic E-state index is 0.219. The molecule has 1 fully saturated rings. The third kappa shape index (κ3) is 4.44. The van der Waals surface area contributed by atoms with Crippen molar-refractivity contribution < 1.29 is 23.0 Å². The van der Waals surface area contributed by atoms with Gasteiger partial charge in [-0.1, -0.05) is 0 Å². The average molecular weight is 199 g/mol. The van der Waals surface area contributed by atoms with Crippen molar-refractivity contribution in [3.63, 3.8) is 0 Å². The highest BCUT2D eigenvalue weighted by Gasteiger charge is 2.29. The van der Waals surface area contributed by atoms with Gasteiger partial charge in [-0.05, 0) is 6.42 Å². The van der Waals surface area contributed by atoms with Crippen LogP contribution in [0.25, 0.3) is 0 Å². The molecule has 1 aliphatic rings. The molecule has 78 valence electrons. The molecule has 0 bridgehead atoms. The summed E-state index contributed by atoms with van der Waals surface area (Å²) in [5, 5.41) is 9.05. The van der Waals surface area contributed by atoms with E-state index in [9.17, 15) is 13.2 Å². The summed E-state index contributed by atoms with van der Waals surface area (Å²) in [5.74, 6) is 0. The van der Waals surface area contributed by atoms with Crippen LogP contribution in [0, 0.1) is 0 Å². The molecule has 0 radical (unpaired) electrons. The number of ether oxygens (including phenoxy) is 1. The molecule has 1 N–H and O–H groups in total. The lowest BCUT2D eigenvalue weighted by atomic mass is 10.3. The lowest BCUT2D eigenvalue weighted by Gasteiger charge is -2.15. The number of hydrogen-bond acceptors (Lipinski definition) is 3.